The minimum absolute atomic E-state index is 0.0124. The van der Waals surface area contributed by atoms with Gasteiger partial charge in [0.1, 0.15) is 0 Å². The third-order valence-electron chi connectivity index (χ3n) is 5.57. The van der Waals surface area contributed by atoms with E-state index in [9.17, 15) is 4.79 Å². The van der Waals surface area contributed by atoms with E-state index < -0.39 is 0 Å². The van der Waals surface area contributed by atoms with Crippen LogP contribution < -0.4 is 5.56 Å². The molecule has 1 atom stereocenters. The van der Waals surface area contributed by atoms with Gasteiger partial charge in [-0.1, -0.05) is 49.0 Å². The summed E-state index contributed by atoms with van der Waals surface area (Å²) in [7, 11) is 0. The van der Waals surface area contributed by atoms with Crippen molar-refractivity contribution >= 4 is 46.0 Å². The van der Waals surface area contributed by atoms with Crippen LogP contribution in [-0.2, 0) is 6.54 Å². The van der Waals surface area contributed by atoms with E-state index in [2.05, 4.69) is 33.6 Å². The third kappa shape index (κ3) is 4.54. The van der Waals surface area contributed by atoms with Crippen LogP contribution >= 0.6 is 35.1 Å². The van der Waals surface area contributed by atoms with E-state index >= 15 is 0 Å². The topological polar surface area (TPSA) is 78.5 Å². The molecule has 0 fully saturated rings. The second-order valence-corrected chi connectivity index (χ2v) is 10.8. The predicted octanol–water partition coefficient (Wildman–Crippen LogP) is 5.19. The Morgan fingerprint density at radius 2 is 2.15 bits per heavy atom. The summed E-state index contributed by atoms with van der Waals surface area (Å²) in [5.74, 6) is 2.97. The number of thioether (sulfide) groups is 2. The lowest BCUT2D eigenvalue weighted by Gasteiger charge is -2.17. The Balaban J connectivity index is 1.47. The van der Waals surface area contributed by atoms with Crippen LogP contribution in [0.15, 0.2) is 57.8 Å². The normalized spacial score (nSPS) is 15.5. The molecular weight excluding hydrogens is 476 g/mol. The number of hydrogen-bond donors (Lipinski definition) is 0. The molecular formula is C23H23ClN6OS2. The SMILES string of the molecule is CC(C)CCn1c(SC[C@@H]2CSc3nnc(-c4cccnc4)n32)nc2cc(Cl)ccc2c1=O. The van der Waals surface area contributed by atoms with Gasteiger partial charge in [0.25, 0.3) is 5.56 Å². The maximum atomic E-state index is 13.3. The number of benzene rings is 1. The molecule has 0 spiro atoms. The largest absolute Gasteiger partial charge is 0.297 e. The second kappa shape index (κ2) is 9.48. The molecule has 1 aliphatic heterocycles. The van der Waals surface area contributed by atoms with Crippen LogP contribution in [0.4, 0.5) is 0 Å². The average molecular weight is 499 g/mol. The Morgan fingerprint density at radius 3 is 2.94 bits per heavy atom. The zero-order valence-corrected chi connectivity index (χ0v) is 20.7. The first-order valence-electron chi connectivity index (χ1n) is 10.8. The Hall–Kier alpha value is -2.36. The van der Waals surface area contributed by atoms with Gasteiger partial charge in [-0.15, -0.1) is 10.2 Å². The van der Waals surface area contributed by atoms with Crippen LogP contribution in [0.3, 0.4) is 0 Å². The molecule has 0 bridgehead atoms. The fourth-order valence-corrected chi connectivity index (χ4v) is 6.30. The van der Waals surface area contributed by atoms with Gasteiger partial charge in [-0.3, -0.25) is 18.9 Å². The molecule has 0 unspecified atom stereocenters. The van der Waals surface area contributed by atoms with Crippen molar-refractivity contribution in [1.82, 2.24) is 29.3 Å². The highest BCUT2D eigenvalue weighted by Crippen LogP contribution is 2.38. The summed E-state index contributed by atoms with van der Waals surface area (Å²) in [6.07, 6.45) is 4.47. The Morgan fingerprint density at radius 1 is 1.27 bits per heavy atom. The monoisotopic (exact) mass is 498 g/mol. The van der Waals surface area contributed by atoms with E-state index in [0.29, 0.717) is 28.4 Å². The molecule has 7 nitrogen and oxygen atoms in total. The van der Waals surface area contributed by atoms with E-state index in [-0.39, 0.29) is 11.6 Å². The average Bonchev–Trinajstić information content (AvgIpc) is 3.40. The van der Waals surface area contributed by atoms with Crippen LogP contribution in [0.5, 0.6) is 0 Å². The zero-order valence-electron chi connectivity index (χ0n) is 18.3. The highest BCUT2D eigenvalue weighted by atomic mass is 35.5. The van der Waals surface area contributed by atoms with E-state index in [4.69, 9.17) is 16.6 Å². The second-order valence-electron chi connectivity index (χ2n) is 8.39. The number of fused-ring (bicyclic) bond motifs is 2. The standard InChI is InChI=1S/C23H23ClN6OS2/c1-14(2)7-9-29-21(31)18-6-5-16(24)10-19(18)26-22(29)32-12-17-13-33-23-28-27-20(30(17)23)15-4-3-8-25-11-15/h3-6,8,10-11,14,17H,7,9,12-13H2,1-2H3/t17-/m1/s1. The van der Waals surface area contributed by atoms with Gasteiger partial charge < -0.3 is 0 Å². The highest BCUT2D eigenvalue weighted by Gasteiger charge is 2.29. The molecule has 0 N–H and O–H groups in total. The van der Waals surface area contributed by atoms with Gasteiger partial charge in [0.2, 0.25) is 0 Å². The molecule has 10 heteroatoms. The van der Waals surface area contributed by atoms with Crippen LogP contribution in [-0.4, -0.2) is 40.8 Å². The number of pyridine rings is 1. The van der Waals surface area contributed by atoms with Crippen molar-refractivity contribution in [3.63, 3.8) is 0 Å². The first-order chi connectivity index (χ1) is 16.0. The number of rotatable bonds is 7. The maximum Gasteiger partial charge on any atom is 0.262 e. The smallest absolute Gasteiger partial charge is 0.262 e. The molecule has 0 amide bonds. The molecule has 1 aromatic carbocycles. The van der Waals surface area contributed by atoms with E-state index in [0.717, 1.165) is 39.6 Å². The minimum atomic E-state index is -0.0124. The fourth-order valence-electron chi connectivity index (χ4n) is 3.80. The van der Waals surface area contributed by atoms with Crippen LogP contribution in [0, 0.1) is 5.92 Å². The molecule has 33 heavy (non-hydrogen) atoms. The number of hydrogen-bond acceptors (Lipinski definition) is 7. The van der Waals surface area contributed by atoms with Gasteiger partial charge in [0.15, 0.2) is 16.1 Å². The summed E-state index contributed by atoms with van der Waals surface area (Å²) in [5.41, 5.74) is 1.57. The highest BCUT2D eigenvalue weighted by molar-refractivity contribution is 8.00. The van der Waals surface area contributed by atoms with Gasteiger partial charge in [-0.05, 0) is 42.7 Å². The summed E-state index contributed by atoms with van der Waals surface area (Å²) in [4.78, 5) is 22.4. The molecule has 0 aliphatic carbocycles. The number of nitrogens with zero attached hydrogens (tertiary/aromatic N) is 6. The van der Waals surface area contributed by atoms with E-state index in [1.54, 1.807) is 47.9 Å². The van der Waals surface area contributed by atoms with Crippen molar-refractivity contribution in [2.45, 2.75) is 43.2 Å². The molecule has 4 heterocycles. The van der Waals surface area contributed by atoms with Gasteiger partial charge in [0, 0.05) is 41.0 Å². The van der Waals surface area contributed by atoms with Gasteiger partial charge in [-0.2, -0.15) is 0 Å². The lowest BCUT2D eigenvalue weighted by Crippen LogP contribution is -2.24. The van der Waals surface area contributed by atoms with Gasteiger partial charge >= 0.3 is 0 Å². The Labute approximate surface area is 205 Å². The summed E-state index contributed by atoms with van der Waals surface area (Å²) in [6.45, 7) is 4.97. The first kappa shape index (κ1) is 22.4. The summed E-state index contributed by atoms with van der Waals surface area (Å²) in [6, 6.07) is 9.36. The van der Waals surface area contributed by atoms with Crippen molar-refractivity contribution in [3.8, 4) is 11.4 Å². The first-order valence-corrected chi connectivity index (χ1v) is 13.2. The van der Waals surface area contributed by atoms with E-state index in [1.165, 1.54) is 0 Å². The predicted molar refractivity (Wildman–Crippen MR) is 134 cm³/mol. The summed E-state index contributed by atoms with van der Waals surface area (Å²) < 4.78 is 4.00. The molecule has 1 aliphatic rings. The molecule has 0 radical (unpaired) electrons. The van der Waals surface area contributed by atoms with Gasteiger partial charge in [0.05, 0.1) is 16.9 Å². The van der Waals surface area contributed by atoms with Gasteiger partial charge in [-0.25, -0.2) is 4.98 Å². The quantitative estimate of drug-likeness (QED) is 0.256. The Kier molecular flexibility index (Phi) is 6.44. The van der Waals surface area contributed by atoms with Crippen molar-refractivity contribution in [3.05, 3.63) is 58.1 Å². The van der Waals surface area contributed by atoms with Crippen molar-refractivity contribution in [2.75, 3.05) is 11.5 Å². The lowest BCUT2D eigenvalue weighted by atomic mass is 10.1. The molecule has 5 rings (SSSR count). The molecule has 4 aromatic rings. The van der Waals surface area contributed by atoms with Crippen LogP contribution in [0.1, 0.15) is 26.3 Å². The van der Waals surface area contributed by atoms with Crippen molar-refractivity contribution < 1.29 is 0 Å². The maximum absolute atomic E-state index is 13.3. The molecule has 0 saturated carbocycles. The fraction of sp³-hybridized carbons (Fsp3) is 0.348. The van der Waals surface area contributed by atoms with Crippen LogP contribution in [0.2, 0.25) is 5.02 Å². The summed E-state index contributed by atoms with van der Waals surface area (Å²) in [5, 5.41) is 11.6. The van der Waals surface area contributed by atoms with Crippen molar-refractivity contribution in [1.29, 1.82) is 0 Å². The number of aromatic nitrogens is 6. The lowest BCUT2D eigenvalue weighted by molar-refractivity contribution is 0.480. The summed E-state index contributed by atoms with van der Waals surface area (Å²) >= 11 is 9.49. The minimum Gasteiger partial charge on any atom is -0.297 e. The molecule has 170 valence electrons. The van der Waals surface area contributed by atoms with E-state index in [1.807, 2.05) is 22.9 Å². The molecule has 0 saturated heterocycles. The Bertz CT molecular complexity index is 1350. The third-order valence-corrected chi connectivity index (χ3v) is 8.02. The molecule has 3 aromatic heterocycles. The van der Waals surface area contributed by atoms with Crippen molar-refractivity contribution in [2.24, 2.45) is 5.92 Å². The number of halogens is 1. The van der Waals surface area contributed by atoms with Crippen LogP contribution in [0.25, 0.3) is 22.3 Å². The zero-order chi connectivity index (χ0) is 22.9.